The van der Waals surface area contributed by atoms with Crippen molar-refractivity contribution in [3.8, 4) is 0 Å². The molecule has 83 heavy (non-hydrogen) atoms. The van der Waals surface area contributed by atoms with Gasteiger partial charge in [-0.3, -0.25) is 14.4 Å². The van der Waals surface area contributed by atoms with Gasteiger partial charge in [0, 0.05) is 19.3 Å². The smallest absolute Gasteiger partial charge is 0.306 e. The molecule has 0 aliphatic rings. The minimum Gasteiger partial charge on any atom is -0.462 e. The number of allylic oxidation sites excluding steroid dienone is 10. The molecule has 0 amide bonds. The molecule has 0 saturated heterocycles. The fourth-order valence-corrected chi connectivity index (χ4v) is 11.1. The maximum atomic E-state index is 12.9. The first kappa shape index (κ1) is 80.1. The van der Waals surface area contributed by atoms with Gasteiger partial charge in [-0.2, -0.15) is 0 Å². The molecule has 0 N–H and O–H groups in total. The molecule has 6 heteroatoms. The quantitative estimate of drug-likeness (QED) is 0.0261. The number of carbonyl (C=O) groups excluding carboxylic acids is 3. The average Bonchev–Trinajstić information content (AvgIpc) is 3.48. The second-order valence-corrected chi connectivity index (χ2v) is 24.8. The van der Waals surface area contributed by atoms with Crippen molar-refractivity contribution in [2.75, 3.05) is 13.2 Å². The SMILES string of the molecule is CC/C=C\C/C=C\C/C=C\C/C=C\C/C=C\CCCCCCCCCCCCCCCCCCCCCC(=O)OCC(COC(=O)CCCCCCCC)OC(=O)CCCCCCCCCCCCCCCCCCCCCCCCCC. The van der Waals surface area contributed by atoms with E-state index in [0.717, 1.165) is 89.9 Å². The van der Waals surface area contributed by atoms with Crippen LogP contribution < -0.4 is 0 Å². The van der Waals surface area contributed by atoms with Crippen molar-refractivity contribution < 1.29 is 28.6 Å². The standard InChI is InChI=1S/C77H140O6/c1-4-7-10-13-16-18-20-22-24-26-28-30-32-34-35-36-37-38-39-40-41-42-43-44-46-47-49-51-53-55-57-59-61-64-67-70-76(79)82-73-74(72-81-75(78)69-66-63-15-12-9-6-3)83-77(80)71-68-65-62-60-58-56-54-52-50-48-45-33-31-29-27-25-23-21-19-17-14-11-8-5-2/h7,10,16,18,22,24,28,30,34-35,74H,4-6,8-9,11-15,17,19-21,23,25-27,29,31-33,36-73H2,1-3H3/b10-7-,18-16-,24-22-,30-28-,35-34-. The van der Waals surface area contributed by atoms with Crippen molar-refractivity contribution in [3.63, 3.8) is 0 Å². The average molecular weight is 1160 g/mol. The predicted octanol–water partition coefficient (Wildman–Crippen LogP) is 25.5. The van der Waals surface area contributed by atoms with E-state index in [1.165, 1.54) is 263 Å². The minimum atomic E-state index is -0.767. The molecule has 6 nitrogen and oxygen atoms in total. The molecule has 0 spiro atoms. The molecule has 0 aromatic heterocycles. The molecule has 0 heterocycles. The Morgan fingerprint density at radius 2 is 0.470 bits per heavy atom. The van der Waals surface area contributed by atoms with Crippen LogP contribution in [0.4, 0.5) is 0 Å². The van der Waals surface area contributed by atoms with E-state index in [2.05, 4.69) is 81.5 Å². The molecular formula is C77H140O6. The van der Waals surface area contributed by atoms with Crippen LogP contribution in [-0.2, 0) is 28.6 Å². The third kappa shape index (κ3) is 69.8. The van der Waals surface area contributed by atoms with E-state index in [1.54, 1.807) is 0 Å². The van der Waals surface area contributed by atoms with Crippen LogP contribution in [0, 0.1) is 0 Å². The van der Waals surface area contributed by atoms with Gasteiger partial charge in [-0.15, -0.1) is 0 Å². The number of hydrogen-bond acceptors (Lipinski definition) is 6. The van der Waals surface area contributed by atoms with Gasteiger partial charge in [0.1, 0.15) is 13.2 Å². The second-order valence-electron chi connectivity index (χ2n) is 24.8. The Morgan fingerprint density at radius 3 is 0.735 bits per heavy atom. The largest absolute Gasteiger partial charge is 0.462 e. The van der Waals surface area contributed by atoms with Crippen molar-refractivity contribution >= 4 is 17.9 Å². The molecule has 0 aromatic carbocycles. The predicted molar refractivity (Wildman–Crippen MR) is 362 cm³/mol. The van der Waals surface area contributed by atoms with E-state index >= 15 is 0 Å². The summed E-state index contributed by atoms with van der Waals surface area (Å²) >= 11 is 0. The summed E-state index contributed by atoms with van der Waals surface area (Å²) in [6.07, 6.45) is 93.1. The molecule has 1 atom stereocenters. The van der Waals surface area contributed by atoms with Crippen LogP contribution in [-0.4, -0.2) is 37.2 Å². The van der Waals surface area contributed by atoms with E-state index in [0.29, 0.717) is 19.3 Å². The molecule has 0 aliphatic heterocycles. The number of ether oxygens (including phenoxy) is 3. The molecule has 0 saturated carbocycles. The third-order valence-corrected chi connectivity index (χ3v) is 16.5. The van der Waals surface area contributed by atoms with Crippen molar-refractivity contribution in [2.24, 2.45) is 0 Å². The lowest BCUT2D eigenvalue weighted by molar-refractivity contribution is -0.167. The zero-order valence-corrected chi connectivity index (χ0v) is 55.7. The molecule has 0 aliphatic carbocycles. The summed E-state index contributed by atoms with van der Waals surface area (Å²) in [6.45, 7) is 6.54. The molecule has 0 radical (unpaired) electrons. The Hall–Kier alpha value is -2.89. The molecule has 484 valence electrons. The Balaban J connectivity index is 3.93. The van der Waals surface area contributed by atoms with Gasteiger partial charge >= 0.3 is 17.9 Å². The van der Waals surface area contributed by atoms with Crippen molar-refractivity contribution in [2.45, 2.75) is 399 Å². The van der Waals surface area contributed by atoms with Crippen molar-refractivity contribution in [1.29, 1.82) is 0 Å². The summed E-state index contributed by atoms with van der Waals surface area (Å²) < 4.78 is 16.9. The van der Waals surface area contributed by atoms with Gasteiger partial charge < -0.3 is 14.2 Å². The summed E-state index contributed by atoms with van der Waals surface area (Å²) in [5, 5.41) is 0. The zero-order chi connectivity index (χ0) is 59.9. The third-order valence-electron chi connectivity index (χ3n) is 16.5. The molecule has 1 unspecified atom stereocenters. The van der Waals surface area contributed by atoms with Gasteiger partial charge in [-0.25, -0.2) is 0 Å². The maximum Gasteiger partial charge on any atom is 0.306 e. The normalized spacial score (nSPS) is 12.4. The molecule has 0 rings (SSSR count). The highest BCUT2D eigenvalue weighted by Gasteiger charge is 2.19. The molecule has 0 fully saturated rings. The van der Waals surface area contributed by atoms with Crippen LogP contribution in [0.25, 0.3) is 0 Å². The first-order chi connectivity index (χ1) is 41.0. The Bertz CT molecular complexity index is 1470. The summed E-state index contributed by atoms with van der Waals surface area (Å²) in [4.78, 5) is 38.1. The van der Waals surface area contributed by atoms with Gasteiger partial charge in [-0.05, 0) is 64.2 Å². The Labute approximate surface area is 517 Å². The highest BCUT2D eigenvalue weighted by molar-refractivity contribution is 5.71. The fraction of sp³-hybridized carbons (Fsp3) is 0.831. The van der Waals surface area contributed by atoms with E-state index in [-0.39, 0.29) is 31.1 Å². The van der Waals surface area contributed by atoms with E-state index < -0.39 is 6.10 Å². The van der Waals surface area contributed by atoms with Gasteiger partial charge in [-0.1, -0.05) is 370 Å². The second kappa shape index (κ2) is 71.6. The number of unbranched alkanes of at least 4 members (excludes halogenated alkanes) is 47. The number of carbonyl (C=O) groups is 3. The van der Waals surface area contributed by atoms with E-state index in [9.17, 15) is 14.4 Å². The van der Waals surface area contributed by atoms with Crippen LogP contribution in [0.15, 0.2) is 60.8 Å². The van der Waals surface area contributed by atoms with Crippen LogP contribution >= 0.6 is 0 Å². The monoisotopic (exact) mass is 1160 g/mol. The van der Waals surface area contributed by atoms with E-state index in [4.69, 9.17) is 14.2 Å². The lowest BCUT2D eigenvalue weighted by Crippen LogP contribution is -2.30. The van der Waals surface area contributed by atoms with Gasteiger partial charge in [0.25, 0.3) is 0 Å². The summed E-state index contributed by atoms with van der Waals surface area (Å²) in [6, 6.07) is 0. The maximum absolute atomic E-state index is 12.9. The summed E-state index contributed by atoms with van der Waals surface area (Å²) in [7, 11) is 0. The van der Waals surface area contributed by atoms with Crippen molar-refractivity contribution in [3.05, 3.63) is 60.8 Å². The van der Waals surface area contributed by atoms with Crippen LogP contribution in [0.5, 0.6) is 0 Å². The molecule has 0 bridgehead atoms. The van der Waals surface area contributed by atoms with Gasteiger partial charge in [0.05, 0.1) is 0 Å². The topological polar surface area (TPSA) is 78.9 Å². The molecular weight excluding hydrogens is 1020 g/mol. The highest BCUT2D eigenvalue weighted by Crippen LogP contribution is 2.19. The molecule has 0 aromatic rings. The van der Waals surface area contributed by atoms with Crippen LogP contribution in [0.1, 0.15) is 393 Å². The Morgan fingerprint density at radius 1 is 0.253 bits per heavy atom. The summed E-state index contributed by atoms with van der Waals surface area (Å²) in [5.74, 6) is -0.849. The van der Waals surface area contributed by atoms with E-state index in [1.807, 2.05) is 0 Å². The van der Waals surface area contributed by atoms with Gasteiger partial charge in [0.2, 0.25) is 0 Å². The first-order valence-electron chi connectivity index (χ1n) is 36.8. The van der Waals surface area contributed by atoms with Gasteiger partial charge in [0.15, 0.2) is 6.10 Å². The number of esters is 3. The lowest BCUT2D eigenvalue weighted by Gasteiger charge is -2.18. The van der Waals surface area contributed by atoms with Crippen LogP contribution in [0.2, 0.25) is 0 Å². The lowest BCUT2D eigenvalue weighted by atomic mass is 10.0. The zero-order valence-electron chi connectivity index (χ0n) is 55.7. The summed E-state index contributed by atoms with van der Waals surface area (Å²) in [5.41, 5.74) is 0. The number of rotatable bonds is 68. The number of hydrogen-bond donors (Lipinski definition) is 0. The Kier molecular flexibility index (Phi) is 69.1. The first-order valence-corrected chi connectivity index (χ1v) is 36.8. The van der Waals surface area contributed by atoms with Crippen LogP contribution in [0.3, 0.4) is 0 Å². The minimum absolute atomic E-state index is 0.0668. The van der Waals surface area contributed by atoms with Crippen molar-refractivity contribution in [1.82, 2.24) is 0 Å². The fourth-order valence-electron chi connectivity index (χ4n) is 11.1. The highest BCUT2D eigenvalue weighted by atomic mass is 16.6.